The number of ether oxygens (including phenoxy) is 2. The standard InChI is InChI=1S/C22H28N2O5/c23-13-5-2-6-14-28-19-11-9-17(10-12-19)15-20(21(25)26)24-22(27)29-16-18-7-3-1-4-8-18/h1,3-4,7-12,20H,2,5-6,13-16,23H2,(H,24,27)(H,25,26)/t20-/m0/s1. The van der Waals surface area contributed by atoms with Crippen molar-refractivity contribution in [2.45, 2.75) is 38.3 Å². The van der Waals surface area contributed by atoms with Gasteiger partial charge in [-0.3, -0.25) is 0 Å². The number of carbonyl (C=O) groups is 2. The first-order valence-electron chi connectivity index (χ1n) is 9.70. The normalized spacial score (nSPS) is 11.5. The van der Waals surface area contributed by atoms with Gasteiger partial charge in [0.25, 0.3) is 0 Å². The zero-order valence-electron chi connectivity index (χ0n) is 16.4. The van der Waals surface area contributed by atoms with E-state index in [0.717, 1.165) is 36.1 Å². The van der Waals surface area contributed by atoms with E-state index >= 15 is 0 Å². The highest BCUT2D eigenvalue weighted by molar-refractivity contribution is 5.80. The molecule has 0 spiro atoms. The van der Waals surface area contributed by atoms with E-state index < -0.39 is 18.1 Å². The van der Waals surface area contributed by atoms with Gasteiger partial charge in [0.05, 0.1) is 6.61 Å². The molecule has 0 radical (unpaired) electrons. The quantitative estimate of drug-likeness (QED) is 0.472. The van der Waals surface area contributed by atoms with Crippen LogP contribution in [0.3, 0.4) is 0 Å². The number of alkyl carbamates (subject to hydrolysis) is 1. The summed E-state index contributed by atoms with van der Waals surface area (Å²) in [5, 5.41) is 11.8. The molecule has 156 valence electrons. The minimum absolute atomic E-state index is 0.0797. The summed E-state index contributed by atoms with van der Waals surface area (Å²) >= 11 is 0. The fourth-order valence-electron chi connectivity index (χ4n) is 2.68. The smallest absolute Gasteiger partial charge is 0.408 e. The summed E-state index contributed by atoms with van der Waals surface area (Å²) in [5.41, 5.74) is 7.06. The minimum Gasteiger partial charge on any atom is -0.494 e. The van der Waals surface area contributed by atoms with E-state index in [4.69, 9.17) is 15.2 Å². The van der Waals surface area contributed by atoms with Crippen molar-refractivity contribution in [2.75, 3.05) is 13.2 Å². The van der Waals surface area contributed by atoms with Gasteiger partial charge in [-0.15, -0.1) is 0 Å². The van der Waals surface area contributed by atoms with Gasteiger partial charge in [-0.1, -0.05) is 42.5 Å². The van der Waals surface area contributed by atoms with E-state index in [1.54, 1.807) is 24.3 Å². The number of amides is 1. The van der Waals surface area contributed by atoms with Crippen molar-refractivity contribution in [1.29, 1.82) is 0 Å². The summed E-state index contributed by atoms with van der Waals surface area (Å²) in [7, 11) is 0. The van der Waals surface area contributed by atoms with Gasteiger partial charge in [0, 0.05) is 6.42 Å². The second-order valence-corrected chi connectivity index (χ2v) is 6.64. The average molecular weight is 400 g/mol. The van der Waals surface area contributed by atoms with E-state index in [0.29, 0.717) is 13.2 Å². The molecule has 0 heterocycles. The van der Waals surface area contributed by atoms with Crippen molar-refractivity contribution in [3.8, 4) is 5.75 Å². The van der Waals surface area contributed by atoms with E-state index in [-0.39, 0.29) is 13.0 Å². The minimum atomic E-state index is -1.12. The third-order valence-electron chi connectivity index (χ3n) is 4.28. The lowest BCUT2D eigenvalue weighted by Crippen LogP contribution is -2.42. The van der Waals surface area contributed by atoms with Crippen LogP contribution in [0.15, 0.2) is 54.6 Å². The number of carboxylic acid groups (broad SMARTS) is 1. The summed E-state index contributed by atoms with van der Waals surface area (Å²) in [6.07, 6.45) is 2.33. The van der Waals surface area contributed by atoms with Gasteiger partial charge in [0.15, 0.2) is 0 Å². The SMILES string of the molecule is NCCCCCOc1ccc(C[C@H](NC(=O)OCc2ccccc2)C(=O)O)cc1. The third-order valence-corrected chi connectivity index (χ3v) is 4.28. The van der Waals surface area contributed by atoms with Crippen LogP contribution in [0, 0.1) is 0 Å². The summed E-state index contributed by atoms with van der Waals surface area (Å²) in [5.74, 6) is -0.398. The second-order valence-electron chi connectivity index (χ2n) is 6.64. The van der Waals surface area contributed by atoms with Gasteiger partial charge in [0.2, 0.25) is 0 Å². The van der Waals surface area contributed by atoms with Crippen molar-refractivity contribution in [3.05, 3.63) is 65.7 Å². The number of benzene rings is 2. The molecule has 0 aliphatic heterocycles. The van der Waals surface area contributed by atoms with Crippen molar-refractivity contribution < 1.29 is 24.2 Å². The lowest BCUT2D eigenvalue weighted by atomic mass is 10.1. The van der Waals surface area contributed by atoms with E-state index in [2.05, 4.69) is 5.32 Å². The molecule has 7 heteroatoms. The Morgan fingerprint density at radius 2 is 1.69 bits per heavy atom. The molecule has 0 unspecified atom stereocenters. The van der Waals surface area contributed by atoms with Gasteiger partial charge in [-0.05, 0) is 49.1 Å². The fraction of sp³-hybridized carbons (Fsp3) is 0.364. The number of rotatable bonds is 12. The molecule has 0 aliphatic rings. The summed E-state index contributed by atoms with van der Waals surface area (Å²) in [6.45, 7) is 1.38. The zero-order chi connectivity index (χ0) is 20.9. The Balaban J connectivity index is 1.80. The average Bonchev–Trinajstić information content (AvgIpc) is 2.73. The summed E-state index contributed by atoms with van der Waals surface area (Å²) < 4.78 is 10.7. The summed E-state index contributed by atoms with van der Waals surface area (Å²) in [6, 6.07) is 15.3. The predicted molar refractivity (Wildman–Crippen MR) is 110 cm³/mol. The Hall–Kier alpha value is -3.06. The molecule has 2 rings (SSSR count). The highest BCUT2D eigenvalue weighted by atomic mass is 16.5. The first kappa shape index (κ1) is 22.2. The Bertz CT molecular complexity index is 750. The molecule has 29 heavy (non-hydrogen) atoms. The maximum absolute atomic E-state index is 11.9. The Kier molecular flexibility index (Phi) is 9.51. The Morgan fingerprint density at radius 3 is 2.34 bits per heavy atom. The molecular formula is C22H28N2O5. The maximum atomic E-state index is 11.9. The largest absolute Gasteiger partial charge is 0.494 e. The second kappa shape index (κ2) is 12.4. The number of aliphatic carboxylic acids is 1. The molecule has 0 aromatic heterocycles. The van der Waals surface area contributed by atoms with Crippen LogP contribution < -0.4 is 15.8 Å². The first-order chi connectivity index (χ1) is 14.1. The van der Waals surface area contributed by atoms with Crippen LogP contribution in [0.25, 0.3) is 0 Å². The van der Waals surface area contributed by atoms with E-state index in [9.17, 15) is 14.7 Å². The van der Waals surface area contributed by atoms with Crippen LogP contribution in [0.1, 0.15) is 30.4 Å². The lowest BCUT2D eigenvalue weighted by Gasteiger charge is -2.15. The van der Waals surface area contributed by atoms with Gasteiger partial charge < -0.3 is 25.6 Å². The van der Waals surface area contributed by atoms with Crippen molar-refractivity contribution in [1.82, 2.24) is 5.32 Å². The number of carbonyl (C=O) groups excluding carboxylic acids is 1. The van der Waals surface area contributed by atoms with Gasteiger partial charge in [0.1, 0.15) is 18.4 Å². The molecule has 2 aromatic carbocycles. The highest BCUT2D eigenvalue weighted by Crippen LogP contribution is 2.14. The van der Waals surface area contributed by atoms with Crippen molar-refractivity contribution >= 4 is 12.1 Å². The number of hydrogen-bond acceptors (Lipinski definition) is 5. The van der Waals surface area contributed by atoms with Crippen LogP contribution in [0.2, 0.25) is 0 Å². The molecule has 0 saturated carbocycles. The van der Waals surface area contributed by atoms with Gasteiger partial charge >= 0.3 is 12.1 Å². The molecule has 2 aromatic rings. The number of nitrogens with one attached hydrogen (secondary N) is 1. The number of unbranched alkanes of at least 4 members (excludes halogenated alkanes) is 2. The number of hydrogen-bond donors (Lipinski definition) is 3. The fourth-order valence-corrected chi connectivity index (χ4v) is 2.68. The molecule has 0 fully saturated rings. The summed E-state index contributed by atoms with van der Waals surface area (Å²) in [4.78, 5) is 23.4. The van der Waals surface area contributed by atoms with Crippen LogP contribution >= 0.6 is 0 Å². The van der Waals surface area contributed by atoms with Gasteiger partial charge in [-0.2, -0.15) is 0 Å². The van der Waals surface area contributed by atoms with Crippen LogP contribution in [0.4, 0.5) is 4.79 Å². The third kappa shape index (κ3) is 8.66. The number of nitrogens with two attached hydrogens (primary N) is 1. The van der Waals surface area contributed by atoms with Crippen LogP contribution in [0.5, 0.6) is 5.75 Å². The van der Waals surface area contributed by atoms with Crippen LogP contribution in [-0.2, 0) is 22.6 Å². The molecule has 1 amide bonds. The molecule has 0 saturated heterocycles. The molecule has 0 aliphatic carbocycles. The monoisotopic (exact) mass is 400 g/mol. The van der Waals surface area contributed by atoms with Gasteiger partial charge in [-0.25, -0.2) is 9.59 Å². The van der Waals surface area contributed by atoms with Crippen molar-refractivity contribution in [3.63, 3.8) is 0 Å². The molecule has 7 nitrogen and oxygen atoms in total. The van der Waals surface area contributed by atoms with E-state index in [1.165, 1.54) is 0 Å². The Morgan fingerprint density at radius 1 is 0.966 bits per heavy atom. The predicted octanol–water partition coefficient (Wildman–Crippen LogP) is 3.12. The van der Waals surface area contributed by atoms with E-state index in [1.807, 2.05) is 30.3 Å². The molecule has 0 bridgehead atoms. The molecule has 4 N–H and O–H groups in total. The topological polar surface area (TPSA) is 111 Å². The van der Waals surface area contributed by atoms with Crippen LogP contribution in [-0.4, -0.2) is 36.4 Å². The highest BCUT2D eigenvalue weighted by Gasteiger charge is 2.21. The maximum Gasteiger partial charge on any atom is 0.408 e. The zero-order valence-corrected chi connectivity index (χ0v) is 16.4. The lowest BCUT2D eigenvalue weighted by molar-refractivity contribution is -0.139. The number of carboxylic acids is 1. The molecular weight excluding hydrogens is 372 g/mol. The first-order valence-corrected chi connectivity index (χ1v) is 9.70. The Labute approximate surface area is 170 Å². The molecule has 1 atom stereocenters. The van der Waals surface area contributed by atoms with Crippen molar-refractivity contribution in [2.24, 2.45) is 5.73 Å².